The Balaban J connectivity index is 2.87. The van der Waals surface area contributed by atoms with E-state index >= 15 is 0 Å². The summed E-state index contributed by atoms with van der Waals surface area (Å²) in [6, 6.07) is 1.83. The summed E-state index contributed by atoms with van der Waals surface area (Å²) < 4.78 is 6.82. The van der Waals surface area contributed by atoms with E-state index in [9.17, 15) is 9.90 Å². The van der Waals surface area contributed by atoms with Gasteiger partial charge in [-0.1, -0.05) is 13.3 Å². The number of hydrogen-bond donors (Lipinski definition) is 1. The Hall–Kier alpha value is 0.0900. The van der Waals surface area contributed by atoms with Crippen molar-refractivity contribution in [2.75, 3.05) is 6.61 Å². The highest BCUT2D eigenvalue weighted by atomic mass is 79.9. The van der Waals surface area contributed by atoms with Crippen LogP contribution in [0.5, 0.6) is 0 Å². The molecule has 0 saturated heterocycles. The van der Waals surface area contributed by atoms with Crippen molar-refractivity contribution in [1.82, 2.24) is 0 Å². The Labute approximate surface area is 128 Å². The second kappa shape index (κ2) is 7.62. The Morgan fingerprint density at radius 1 is 1.50 bits per heavy atom. The number of rotatable bonds is 6. The van der Waals surface area contributed by atoms with Crippen LogP contribution in [0.2, 0.25) is 0 Å². The number of ether oxygens (including phenoxy) is 1. The summed E-state index contributed by atoms with van der Waals surface area (Å²) in [5.74, 6) is -0.820. The molecule has 0 aliphatic rings. The van der Waals surface area contributed by atoms with Gasteiger partial charge >= 0.3 is 5.97 Å². The number of carbonyl (C=O) groups excluding carboxylic acids is 1. The molecular formula is C12H16Br2O3S. The average Bonchev–Trinajstić information content (AvgIpc) is 2.66. The van der Waals surface area contributed by atoms with Crippen molar-refractivity contribution in [1.29, 1.82) is 0 Å². The minimum absolute atomic E-state index is 0.326. The number of esters is 1. The predicted octanol–water partition coefficient (Wildman–Crippen LogP) is 4.29. The molecule has 1 heterocycles. The Bertz CT molecular complexity index is 387. The lowest BCUT2D eigenvalue weighted by Gasteiger charge is -2.19. The van der Waals surface area contributed by atoms with Crippen molar-refractivity contribution in [3.8, 4) is 0 Å². The number of aliphatic hydroxyl groups excluding tert-OH is 1. The third-order valence-corrected chi connectivity index (χ3v) is 5.85. The van der Waals surface area contributed by atoms with Crippen molar-refractivity contribution < 1.29 is 14.6 Å². The van der Waals surface area contributed by atoms with Gasteiger partial charge in [0.1, 0.15) is 6.10 Å². The summed E-state index contributed by atoms with van der Waals surface area (Å²) in [4.78, 5) is 12.6. The molecule has 1 rings (SSSR count). The molecule has 0 aromatic carbocycles. The summed E-state index contributed by atoms with van der Waals surface area (Å²) in [6.07, 6.45) is 0.637. The normalized spacial score (nSPS) is 14.3. The standard InChI is InChI=1S/C12H16Br2O3S/c1-3-5-7(12(16)17-4-2)10(15)9-6-8(13)11(14)18-9/h6-7,10,15H,3-5H2,1-2H3. The highest BCUT2D eigenvalue weighted by Crippen LogP contribution is 2.38. The topological polar surface area (TPSA) is 46.5 Å². The van der Waals surface area contributed by atoms with Gasteiger partial charge in [0.2, 0.25) is 0 Å². The van der Waals surface area contributed by atoms with E-state index < -0.39 is 12.0 Å². The molecule has 0 fully saturated rings. The van der Waals surface area contributed by atoms with Crippen LogP contribution in [0.15, 0.2) is 14.3 Å². The Kier molecular flexibility index (Phi) is 6.84. The summed E-state index contributed by atoms with van der Waals surface area (Å²) >= 11 is 8.19. The molecule has 0 spiro atoms. The van der Waals surface area contributed by atoms with Gasteiger partial charge in [0.25, 0.3) is 0 Å². The fourth-order valence-electron chi connectivity index (χ4n) is 1.67. The summed E-state index contributed by atoms with van der Waals surface area (Å²) in [5, 5.41) is 10.3. The maximum absolute atomic E-state index is 11.8. The first-order valence-electron chi connectivity index (χ1n) is 5.80. The molecule has 0 aliphatic carbocycles. The Morgan fingerprint density at radius 3 is 2.61 bits per heavy atom. The maximum atomic E-state index is 11.8. The molecule has 1 aromatic heterocycles. The van der Waals surface area contributed by atoms with Crippen molar-refractivity contribution in [3.63, 3.8) is 0 Å². The SMILES string of the molecule is CCCC(C(=O)OCC)C(O)c1cc(Br)c(Br)s1. The molecule has 0 aliphatic heterocycles. The van der Waals surface area contributed by atoms with E-state index in [0.717, 1.165) is 19.6 Å². The van der Waals surface area contributed by atoms with Crippen molar-refractivity contribution in [2.24, 2.45) is 5.92 Å². The molecule has 2 atom stereocenters. The van der Waals surface area contributed by atoms with E-state index in [1.165, 1.54) is 11.3 Å². The largest absolute Gasteiger partial charge is 0.466 e. The van der Waals surface area contributed by atoms with Gasteiger partial charge in [0.05, 0.1) is 16.3 Å². The van der Waals surface area contributed by atoms with E-state index in [1.54, 1.807) is 6.92 Å². The second-order valence-corrected chi connectivity index (χ2v) is 7.12. The van der Waals surface area contributed by atoms with Gasteiger partial charge in [0, 0.05) is 9.35 Å². The predicted molar refractivity (Wildman–Crippen MR) is 79.7 cm³/mol. The van der Waals surface area contributed by atoms with E-state index in [-0.39, 0.29) is 5.97 Å². The lowest BCUT2D eigenvalue weighted by atomic mass is 9.96. The molecule has 1 aromatic rings. The quantitative estimate of drug-likeness (QED) is 0.726. The van der Waals surface area contributed by atoms with Crippen LogP contribution in [0, 0.1) is 5.92 Å². The van der Waals surface area contributed by atoms with Crippen LogP contribution in [-0.2, 0) is 9.53 Å². The lowest BCUT2D eigenvalue weighted by molar-refractivity contribution is -0.152. The van der Waals surface area contributed by atoms with Crippen LogP contribution in [0.25, 0.3) is 0 Å². The van der Waals surface area contributed by atoms with Crippen LogP contribution < -0.4 is 0 Å². The van der Waals surface area contributed by atoms with Crippen LogP contribution in [0.1, 0.15) is 37.7 Å². The first kappa shape index (κ1) is 16.1. The molecular weight excluding hydrogens is 384 g/mol. The van der Waals surface area contributed by atoms with Crippen LogP contribution in [0.4, 0.5) is 0 Å². The lowest BCUT2D eigenvalue weighted by Crippen LogP contribution is -2.24. The maximum Gasteiger partial charge on any atom is 0.311 e. The molecule has 3 nitrogen and oxygen atoms in total. The molecule has 0 amide bonds. The van der Waals surface area contributed by atoms with Crippen LogP contribution in [0.3, 0.4) is 0 Å². The fourth-order valence-corrected chi connectivity index (χ4v) is 3.81. The van der Waals surface area contributed by atoms with Gasteiger partial charge in [0.15, 0.2) is 0 Å². The average molecular weight is 400 g/mol. The van der Waals surface area contributed by atoms with Crippen LogP contribution in [-0.4, -0.2) is 17.7 Å². The van der Waals surface area contributed by atoms with Gasteiger partial charge in [-0.05, 0) is 51.3 Å². The summed E-state index contributed by atoms with van der Waals surface area (Å²) in [7, 11) is 0. The molecule has 1 N–H and O–H groups in total. The zero-order chi connectivity index (χ0) is 13.7. The van der Waals surface area contributed by atoms with Gasteiger partial charge < -0.3 is 9.84 Å². The number of carbonyl (C=O) groups is 1. The third kappa shape index (κ3) is 4.05. The smallest absolute Gasteiger partial charge is 0.311 e. The number of halogens is 2. The zero-order valence-corrected chi connectivity index (χ0v) is 14.3. The first-order valence-corrected chi connectivity index (χ1v) is 8.20. The highest BCUT2D eigenvalue weighted by molar-refractivity contribution is 9.13. The first-order chi connectivity index (χ1) is 8.51. The van der Waals surface area contributed by atoms with Gasteiger partial charge in [-0.15, -0.1) is 11.3 Å². The van der Waals surface area contributed by atoms with Crippen molar-refractivity contribution in [2.45, 2.75) is 32.8 Å². The minimum Gasteiger partial charge on any atom is -0.466 e. The monoisotopic (exact) mass is 398 g/mol. The fraction of sp³-hybridized carbons (Fsp3) is 0.583. The van der Waals surface area contributed by atoms with E-state index in [4.69, 9.17) is 4.74 Å². The van der Waals surface area contributed by atoms with E-state index in [1.807, 2.05) is 13.0 Å². The van der Waals surface area contributed by atoms with Crippen molar-refractivity contribution in [3.05, 3.63) is 19.2 Å². The molecule has 0 radical (unpaired) electrons. The van der Waals surface area contributed by atoms with E-state index in [0.29, 0.717) is 13.0 Å². The summed E-state index contributed by atoms with van der Waals surface area (Å²) in [5.41, 5.74) is 0. The molecule has 0 saturated carbocycles. The highest BCUT2D eigenvalue weighted by Gasteiger charge is 2.30. The molecule has 18 heavy (non-hydrogen) atoms. The molecule has 102 valence electrons. The van der Waals surface area contributed by atoms with Gasteiger partial charge in [-0.25, -0.2) is 0 Å². The molecule has 6 heteroatoms. The third-order valence-electron chi connectivity index (χ3n) is 2.53. The number of aliphatic hydroxyl groups is 1. The minimum atomic E-state index is -0.809. The number of thiophene rings is 1. The Morgan fingerprint density at radius 2 is 2.17 bits per heavy atom. The zero-order valence-electron chi connectivity index (χ0n) is 10.3. The molecule has 2 unspecified atom stereocenters. The second-order valence-electron chi connectivity index (χ2n) is 3.86. The van der Waals surface area contributed by atoms with Gasteiger partial charge in [-0.3, -0.25) is 4.79 Å². The molecule has 0 bridgehead atoms. The summed E-state index contributed by atoms with van der Waals surface area (Å²) in [6.45, 7) is 4.09. The van der Waals surface area contributed by atoms with Crippen LogP contribution >= 0.6 is 43.2 Å². The van der Waals surface area contributed by atoms with E-state index in [2.05, 4.69) is 31.9 Å². The number of hydrogen-bond acceptors (Lipinski definition) is 4. The van der Waals surface area contributed by atoms with Gasteiger partial charge in [-0.2, -0.15) is 0 Å². The van der Waals surface area contributed by atoms with Crippen molar-refractivity contribution >= 4 is 49.2 Å².